The van der Waals surface area contributed by atoms with Crippen LogP contribution < -0.4 is 10.5 Å². The second-order valence-corrected chi connectivity index (χ2v) is 5.36. The van der Waals surface area contributed by atoms with Gasteiger partial charge in [-0.25, -0.2) is 0 Å². The summed E-state index contributed by atoms with van der Waals surface area (Å²) in [5.41, 5.74) is 6.86. The average Bonchev–Trinajstić information content (AvgIpc) is 2.73. The molecule has 1 aromatic rings. The van der Waals surface area contributed by atoms with E-state index in [1.807, 2.05) is 25.1 Å². The normalized spacial score (nSPS) is 25.1. The van der Waals surface area contributed by atoms with Gasteiger partial charge in [-0.1, -0.05) is 11.6 Å². The second-order valence-electron chi connectivity index (χ2n) is 4.93. The molecule has 2 rings (SSSR count). The second kappa shape index (κ2) is 5.91. The number of nitrogens with two attached hydrogens (primary N) is 1. The summed E-state index contributed by atoms with van der Waals surface area (Å²) in [5.74, 6) is 0.803. The number of ether oxygens (including phenoxy) is 2. The molecule has 1 heterocycles. The third kappa shape index (κ3) is 3.37. The zero-order valence-electron chi connectivity index (χ0n) is 10.9. The van der Waals surface area contributed by atoms with Gasteiger partial charge in [0.05, 0.1) is 12.2 Å². The number of hydrogen-bond donors (Lipinski definition) is 1. The van der Waals surface area contributed by atoms with Crippen LogP contribution in [0.15, 0.2) is 18.2 Å². The van der Waals surface area contributed by atoms with Gasteiger partial charge < -0.3 is 15.2 Å². The van der Waals surface area contributed by atoms with Gasteiger partial charge in [0, 0.05) is 16.6 Å². The van der Waals surface area contributed by atoms with Crippen molar-refractivity contribution in [2.75, 3.05) is 6.61 Å². The zero-order chi connectivity index (χ0) is 13.1. The first-order chi connectivity index (χ1) is 8.56. The Labute approximate surface area is 113 Å². The predicted octanol–water partition coefficient (Wildman–Crippen LogP) is 3.31. The Hall–Kier alpha value is -0.770. The summed E-state index contributed by atoms with van der Waals surface area (Å²) in [4.78, 5) is 0. The maximum Gasteiger partial charge on any atom is 0.124 e. The number of rotatable bonds is 4. The molecular formula is C14H20ClNO2. The highest BCUT2D eigenvalue weighted by Gasteiger charge is 2.22. The van der Waals surface area contributed by atoms with Crippen molar-refractivity contribution < 1.29 is 9.47 Å². The van der Waals surface area contributed by atoms with E-state index in [0.717, 1.165) is 24.2 Å². The Morgan fingerprint density at radius 3 is 2.89 bits per heavy atom. The van der Waals surface area contributed by atoms with E-state index in [2.05, 4.69) is 6.92 Å². The van der Waals surface area contributed by atoms with Crippen molar-refractivity contribution in [3.63, 3.8) is 0 Å². The van der Waals surface area contributed by atoms with Crippen molar-refractivity contribution in [1.29, 1.82) is 0 Å². The lowest BCUT2D eigenvalue weighted by Crippen LogP contribution is -2.19. The molecule has 3 nitrogen and oxygen atoms in total. The fourth-order valence-electron chi connectivity index (χ4n) is 2.20. The third-order valence-electron chi connectivity index (χ3n) is 3.21. The van der Waals surface area contributed by atoms with E-state index in [1.54, 1.807) is 0 Å². The molecule has 2 N–H and O–H groups in total. The highest BCUT2D eigenvalue weighted by molar-refractivity contribution is 6.30. The zero-order valence-corrected chi connectivity index (χ0v) is 11.6. The minimum absolute atomic E-state index is 0.0953. The fraction of sp³-hybridized carbons (Fsp3) is 0.571. The third-order valence-corrected chi connectivity index (χ3v) is 3.44. The van der Waals surface area contributed by atoms with Gasteiger partial charge in [0.1, 0.15) is 12.4 Å². The molecule has 100 valence electrons. The highest BCUT2D eigenvalue weighted by Crippen LogP contribution is 2.28. The van der Waals surface area contributed by atoms with Crippen molar-refractivity contribution in [1.82, 2.24) is 0 Å². The van der Waals surface area contributed by atoms with Gasteiger partial charge in [-0.05, 0) is 44.9 Å². The van der Waals surface area contributed by atoms with Crippen LogP contribution in [0, 0.1) is 0 Å². The number of halogens is 1. The Bertz CT molecular complexity index is 409. The van der Waals surface area contributed by atoms with Crippen LogP contribution in [0.4, 0.5) is 0 Å². The quantitative estimate of drug-likeness (QED) is 0.912. The van der Waals surface area contributed by atoms with Crippen LogP contribution in [0.2, 0.25) is 5.02 Å². The fourth-order valence-corrected chi connectivity index (χ4v) is 2.38. The minimum Gasteiger partial charge on any atom is -0.491 e. The van der Waals surface area contributed by atoms with Crippen LogP contribution in [-0.4, -0.2) is 18.8 Å². The molecule has 0 amide bonds. The Kier molecular flexibility index (Phi) is 4.49. The molecule has 1 saturated heterocycles. The van der Waals surface area contributed by atoms with E-state index >= 15 is 0 Å². The Morgan fingerprint density at radius 1 is 1.50 bits per heavy atom. The molecule has 2 unspecified atom stereocenters. The molecule has 1 aliphatic rings. The van der Waals surface area contributed by atoms with Gasteiger partial charge in [-0.2, -0.15) is 0 Å². The number of hydrogen-bond acceptors (Lipinski definition) is 3. The van der Waals surface area contributed by atoms with E-state index in [0.29, 0.717) is 17.7 Å². The molecule has 0 aliphatic carbocycles. The van der Waals surface area contributed by atoms with Crippen molar-refractivity contribution >= 4 is 11.6 Å². The van der Waals surface area contributed by atoms with E-state index in [-0.39, 0.29) is 12.1 Å². The SMILES string of the molecule is CC1CCC(COc2ccc(Cl)cc2[C@H](C)N)O1. The lowest BCUT2D eigenvalue weighted by molar-refractivity contribution is 0.0262. The van der Waals surface area contributed by atoms with Crippen LogP contribution >= 0.6 is 11.6 Å². The van der Waals surface area contributed by atoms with E-state index in [1.165, 1.54) is 0 Å². The maximum atomic E-state index is 5.97. The van der Waals surface area contributed by atoms with E-state index in [4.69, 9.17) is 26.8 Å². The highest BCUT2D eigenvalue weighted by atomic mass is 35.5. The van der Waals surface area contributed by atoms with Gasteiger partial charge in [0.15, 0.2) is 0 Å². The van der Waals surface area contributed by atoms with Crippen molar-refractivity contribution in [2.45, 2.75) is 44.9 Å². The molecule has 4 heteroatoms. The van der Waals surface area contributed by atoms with Crippen molar-refractivity contribution in [3.8, 4) is 5.75 Å². The van der Waals surface area contributed by atoms with Crippen LogP contribution in [0.25, 0.3) is 0 Å². The smallest absolute Gasteiger partial charge is 0.124 e. The monoisotopic (exact) mass is 269 g/mol. The molecule has 1 fully saturated rings. The van der Waals surface area contributed by atoms with Crippen molar-refractivity contribution in [3.05, 3.63) is 28.8 Å². The van der Waals surface area contributed by atoms with E-state index in [9.17, 15) is 0 Å². The molecule has 0 aromatic heterocycles. The maximum absolute atomic E-state index is 5.97. The van der Waals surface area contributed by atoms with Gasteiger partial charge in [-0.3, -0.25) is 0 Å². The van der Waals surface area contributed by atoms with Gasteiger partial charge in [-0.15, -0.1) is 0 Å². The van der Waals surface area contributed by atoms with Crippen LogP contribution in [0.5, 0.6) is 5.75 Å². The lowest BCUT2D eigenvalue weighted by atomic mass is 10.1. The molecule has 1 aliphatic heterocycles. The average molecular weight is 270 g/mol. The van der Waals surface area contributed by atoms with Gasteiger partial charge >= 0.3 is 0 Å². The molecule has 1 aromatic carbocycles. The predicted molar refractivity (Wildman–Crippen MR) is 73.1 cm³/mol. The molecule has 0 saturated carbocycles. The summed E-state index contributed by atoms with van der Waals surface area (Å²) in [7, 11) is 0. The molecule has 3 atom stereocenters. The summed E-state index contributed by atoms with van der Waals surface area (Å²) >= 11 is 5.97. The first kappa shape index (κ1) is 13.7. The molecular weight excluding hydrogens is 250 g/mol. The standard InChI is InChI=1S/C14H20ClNO2/c1-9-3-5-12(18-9)8-17-14-6-4-11(15)7-13(14)10(2)16/h4,6-7,9-10,12H,3,5,8,16H2,1-2H3/t9?,10-,12?/m0/s1. The van der Waals surface area contributed by atoms with Crippen LogP contribution in [0.1, 0.15) is 38.3 Å². The largest absolute Gasteiger partial charge is 0.491 e. The summed E-state index contributed by atoms with van der Waals surface area (Å²) in [5, 5.41) is 0.681. The van der Waals surface area contributed by atoms with Gasteiger partial charge in [0.25, 0.3) is 0 Å². The van der Waals surface area contributed by atoms with Crippen LogP contribution in [0.3, 0.4) is 0 Å². The molecule has 0 radical (unpaired) electrons. The number of benzene rings is 1. The summed E-state index contributed by atoms with van der Waals surface area (Å²) in [6.07, 6.45) is 2.70. The van der Waals surface area contributed by atoms with Crippen molar-refractivity contribution in [2.24, 2.45) is 5.73 Å². The minimum atomic E-state index is -0.0953. The summed E-state index contributed by atoms with van der Waals surface area (Å²) < 4.78 is 11.5. The topological polar surface area (TPSA) is 44.5 Å². The first-order valence-electron chi connectivity index (χ1n) is 6.39. The lowest BCUT2D eigenvalue weighted by Gasteiger charge is -2.17. The molecule has 0 spiro atoms. The summed E-state index contributed by atoms with van der Waals surface area (Å²) in [6, 6.07) is 5.46. The van der Waals surface area contributed by atoms with E-state index < -0.39 is 0 Å². The molecule has 0 bridgehead atoms. The Balaban J connectivity index is 2.00. The van der Waals surface area contributed by atoms with Gasteiger partial charge in [0.2, 0.25) is 0 Å². The molecule has 18 heavy (non-hydrogen) atoms. The van der Waals surface area contributed by atoms with Crippen LogP contribution in [-0.2, 0) is 4.74 Å². The Morgan fingerprint density at radius 2 is 2.28 bits per heavy atom. The first-order valence-corrected chi connectivity index (χ1v) is 6.77. The summed E-state index contributed by atoms with van der Waals surface area (Å²) in [6.45, 7) is 4.59.